The zero-order valence-electron chi connectivity index (χ0n) is 50.0. The summed E-state index contributed by atoms with van der Waals surface area (Å²) in [5.41, 5.74) is -8.13. The fourth-order valence-electron chi connectivity index (χ4n) is 11.4. The lowest BCUT2D eigenvalue weighted by molar-refractivity contribution is -0.266. The summed E-state index contributed by atoms with van der Waals surface area (Å²) in [4.78, 5) is 57.0. The van der Waals surface area contributed by atoms with Crippen LogP contribution >= 0.6 is 0 Å². The third-order valence-electron chi connectivity index (χ3n) is 18.3. The quantitative estimate of drug-likeness (QED) is 0.0871. The molecule has 0 aromatic heterocycles. The van der Waals surface area contributed by atoms with E-state index in [0.29, 0.717) is 51.6 Å². The number of carbonyl (C=O) groups excluding carboxylic acids is 4. The topological polar surface area (TPSA) is 175 Å². The summed E-state index contributed by atoms with van der Waals surface area (Å²) in [6.45, 7) is 43.3. The number of alkyl carbamates (subject to hydrolysis) is 2. The second kappa shape index (κ2) is 27.9. The third kappa shape index (κ3) is 15.9. The normalized spacial score (nSPS) is 33.0. The zero-order valence-corrected chi connectivity index (χ0v) is 50.0. The number of cyclic esters (lactones) is 2. The molecule has 0 spiro atoms. The Bertz CT molecular complexity index is 1690. The first-order chi connectivity index (χ1) is 33.2. The molecule has 1 rings (SSSR count). The molecule has 10 atom stereocenters. The Morgan fingerprint density at radius 1 is 0.625 bits per heavy atom. The molecule has 2 amide bonds. The number of nitrogens with one attached hydrogen (secondary N) is 2. The van der Waals surface area contributed by atoms with Gasteiger partial charge in [-0.2, -0.15) is 0 Å². The van der Waals surface area contributed by atoms with E-state index in [1.165, 1.54) is 7.11 Å². The first kappa shape index (κ1) is 67.3. The number of ether oxygens (including phenoxy) is 9. The molecular weight excluding hydrogens is 921 g/mol. The molecule has 15 heteroatoms. The Morgan fingerprint density at radius 3 is 1.49 bits per heavy atom. The van der Waals surface area contributed by atoms with Crippen LogP contribution in [0, 0.1) is 39.4 Å². The molecule has 1 saturated heterocycles. The van der Waals surface area contributed by atoms with E-state index in [9.17, 15) is 9.59 Å². The lowest BCUT2D eigenvalue weighted by Crippen LogP contribution is -2.69. The second-order valence-electron chi connectivity index (χ2n) is 24.0. The minimum Gasteiger partial charge on any atom is -0.463 e. The highest BCUT2D eigenvalue weighted by Crippen LogP contribution is 2.65. The van der Waals surface area contributed by atoms with E-state index in [1.54, 1.807) is 7.11 Å². The minimum absolute atomic E-state index is 0.0244. The van der Waals surface area contributed by atoms with Crippen molar-refractivity contribution in [3.8, 4) is 0 Å². The first-order valence-electron chi connectivity index (χ1n) is 27.4. The molecule has 2 N–H and O–H groups in total. The van der Waals surface area contributed by atoms with Crippen LogP contribution in [0.15, 0.2) is 0 Å². The fourth-order valence-corrected chi connectivity index (χ4v) is 11.4. The van der Waals surface area contributed by atoms with Crippen molar-refractivity contribution < 1.29 is 61.8 Å². The maximum atomic E-state index is 15.4. The van der Waals surface area contributed by atoms with Crippen molar-refractivity contribution in [2.24, 2.45) is 39.4 Å². The van der Waals surface area contributed by atoms with Crippen LogP contribution in [0.4, 0.5) is 9.59 Å². The van der Waals surface area contributed by atoms with Gasteiger partial charge in [0.15, 0.2) is 0 Å². The summed E-state index contributed by atoms with van der Waals surface area (Å²) in [6, 6.07) is -1.54. The highest BCUT2D eigenvalue weighted by molar-refractivity contribution is 5.79. The molecule has 72 heavy (non-hydrogen) atoms. The van der Waals surface area contributed by atoms with Crippen LogP contribution in [-0.2, 0) is 52.2 Å². The van der Waals surface area contributed by atoms with Crippen LogP contribution in [0.2, 0.25) is 0 Å². The summed E-state index contributed by atoms with van der Waals surface area (Å²) in [5, 5.41) is 5.85. The number of rotatable bonds is 20. The lowest BCUT2D eigenvalue weighted by atomic mass is 9.43. The Labute approximate surface area is 438 Å². The highest BCUT2D eigenvalue weighted by atomic mass is 16.6. The molecule has 0 saturated carbocycles. The van der Waals surface area contributed by atoms with Crippen molar-refractivity contribution in [3.63, 3.8) is 0 Å². The largest absolute Gasteiger partial charge is 0.463 e. The van der Waals surface area contributed by atoms with Gasteiger partial charge in [0.2, 0.25) is 0 Å². The van der Waals surface area contributed by atoms with Gasteiger partial charge in [0.25, 0.3) is 0 Å². The Kier molecular flexibility index (Phi) is 26.1. The molecule has 1 aliphatic heterocycles. The Hall–Kier alpha value is -2.72. The first-order valence-corrected chi connectivity index (χ1v) is 27.4. The summed E-state index contributed by atoms with van der Waals surface area (Å²) in [6.07, 6.45) is 3.63. The van der Waals surface area contributed by atoms with E-state index < -0.39 is 80.3 Å². The van der Waals surface area contributed by atoms with Crippen molar-refractivity contribution in [2.45, 2.75) is 243 Å². The van der Waals surface area contributed by atoms with Crippen molar-refractivity contribution in [3.05, 3.63) is 0 Å². The van der Waals surface area contributed by atoms with Crippen LogP contribution < -0.4 is 10.6 Å². The number of esters is 2. The average molecular weight is 1030 g/mol. The maximum absolute atomic E-state index is 15.4. The number of hydrogen-bond donors (Lipinski definition) is 2. The van der Waals surface area contributed by atoms with E-state index in [0.717, 1.165) is 12.8 Å². The van der Waals surface area contributed by atoms with E-state index >= 15 is 9.59 Å². The molecule has 0 bridgehead atoms. The molecule has 0 aromatic rings. The zero-order chi connectivity index (χ0) is 55.8. The third-order valence-corrected chi connectivity index (χ3v) is 18.3. The Balaban J connectivity index is 4.36. The van der Waals surface area contributed by atoms with E-state index in [4.69, 9.17) is 42.6 Å². The molecule has 424 valence electrons. The van der Waals surface area contributed by atoms with Gasteiger partial charge in [-0.05, 0) is 132 Å². The van der Waals surface area contributed by atoms with Gasteiger partial charge >= 0.3 is 24.1 Å². The number of methoxy groups -OCH3 is 2. The van der Waals surface area contributed by atoms with Crippen LogP contribution in [0.25, 0.3) is 0 Å². The molecule has 15 nitrogen and oxygen atoms in total. The number of hydrogen-bond acceptors (Lipinski definition) is 13. The van der Waals surface area contributed by atoms with Gasteiger partial charge in [0.1, 0.15) is 13.2 Å². The van der Waals surface area contributed by atoms with E-state index in [-0.39, 0.29) is 63.0 Å². The number of carbonyl (C=O) groups is 4. The fraction of sp³-hybridized carbons (Fsp3) is 0.930. The summed E-state index contributed by atoms with van der Waals surface area (Å²) < 4.78 is 56.9. The molecule has 0 radical (unpaired) electrons. The van der Waals surface area contributed by atoms with E-state index in [1.807, 2.05) is 90.0 Å². The predicted molar refractivity (Wildman–Crippen MR) is 285 cm³/mol. The van der Waals surface area contributed by atoms with Crippen molar-refractivity contribution in [1.29, 1.82) is 0 Å². The minimum atomic E-state index is -1.24. The monoisotopic (exact) mass is 1030 g/mol. The van der Waals surface area contributed by atoms with E-state index in [2.05, 4.69) is 66.0 Å². The average Bonchev–Trinajstić information content (AvgIpc) is 3.33. The van der Waals surface area contributed by atoms with Crippen molar-refractivity contribution in [2.75, 3.05) is 60.5 Å². The van der Waals surface area contributed by atoms with Gasteiger partial charge in [-0.15, -0.1) is 0 Å². The van der Waals surface area contributed by atoms with Gasteiger partial charge < -0.3 is 53.3 Å². The molecular formula is C57H108N2O13. The summed E-state index contributed by atoms with van der Waals surface area (Å²) >= 11 is 0. The van der Waals surface area contributed by atoms with Gasteiger partial charge in [-0.3, -0.25) is 9.59 Å². The smallest absolute Gasteiger partial charge is 0.407 e. The van der Waals surface area contributed by atoms with Gasteiger partial charge in [-0.25, -0.2) is 9.59 Å². The summed E-state index contributed by atoms with van der Waals surface area (Å²) in [5.74, 6) is -0.920. The molecule has 10 unspecified atom stereocenters. The van der Waals surface area contributed by atoms with Crippen molar-refractivity contribution >= 4 is 24.1 Å². The second-order valence-corrected chi connectivity index (χ2v) is 24.0. The molecule has 1 heterocycles. The molecule has 1 aliphatic rings. The van der Waals surface area contributed by atoms with Crippen LogP contribution in [-0.4, -0.2) is 125 Å². The van der Waals surface area contributed by atoms with Gasteiger partial charge in [0, 0.05) is 17.9 Å². The predicted octanol–water partition coefficient (Wildman–Crippen LogP) is 12.0. The highest BCUT2D eigenvalue weighted by Gasteiger charge is 2.70. The molecule has 1 fully saturated rings. The van der Waals surface area contributed by atoms with Gasteiger partial charge in [-0.1, -0.05) is 89.0 Å². The Morgan fingerprint density at radius 2 is 1.08 bits per heavy atom. The van der Waals surface area contributed by atoms with Gasteiger partial charge in [0.05, 0.1) is 91.1 Å². The lowest BCUT2D eigenvalue weighted by Gasteiger charge is -2.64. The number of amides is 2. The SMILES string of the molecule is CCC1C(CC)C(C)(CC)OCC(NC(=O)OC)COC(=O)C(C)(CC)C(C)(CC)C(C)(OCCC(C)(C)OCCC(C)(C)OC)C(C)(CC)C(C)(CC)C(=O)OCC(NC(=O)OCC(C)C)COC1(C)C. The summed E-state index contributed by atoms with van der Waals surface area (Å²) in [7, 11) is 2.99. The maximum Gasteiger partial charge on any atom is 0.407 e. The van der Waals surface area contributed by atoms with Crippen LogP contribution in [0.5, 0.6) is 0 Å². The molecule has 0 aromatic carbocycles. The molecule has 0 aliphatic carbocycles. The van der Waals surface area contributed by atoms with Crippen LogP contribution in [0.1, 0.15) is 203 Å². The van der Waals surface area contributed by atoms with Crippen LogP contribution in [0.3, 0.4) is 0 Å². The standard InChI is InChI=1S/C57H108N2O13/c1-24-43-44(25-2)54(18,28-5)72-39-42(58-47(62)64-22)37-67-46(61)53(17,27-4)56(20,30-7)57(21,70-34-32-50(12,13)69-33-31-49(10,11)65-23)55(19,29-6)52(16,26-3)45(60)66-36-41(38-71-51(43,14)15)59-48(63)68-35-40(8)9/h40-44H,24-39H2,1-23H3,(H,58,62)(H,59,63). The van der Waals surface area contributed by atoms with Crippen molar-refractivity contribution in [1.82, 2.24) is 10.6 Å².